The van der Waals surface area contributed by atoms with Crippen molar-refractivity contribution in [3.63, 3.8) is 0 Å². The zero-order valence-corrected chi connectivity index (χ0v) is 12.3. The SMILES string of the molecule is O=C1CC2(CCN(c3ncnc4sc(C(F)(F)F)cc34)C2)C1. The maximum Gasteiger partial charge on any atom is 0.425 e. The Kier molecular flexibility index (Phi) is 2.79. The van der Waals surface area contributed by atoms with Crippen molar-refractivity contribution in [2.24, 2.45) is 5.41 Å². The normalized spacial score (nSPS) is 20.9. The predicted molar refractivity (Wildman–Crippen MR) is 75.9 cm³/mol. The van der Waals surface area contributed by atoms with E-state index in [1.54, 1.807) is 0 Å². The molecule has 4 rings (SSSR count). The molecule has 1 saturated heterocycles. The van der Waals surface area contributed by atoms with Crippen LogP contribution in [0.5, 0.6) is 0 Å². The topological polar surface area (TPSA) is 46.1 Å². The van der Waals surface area contributed by atoms with E-state index in [9.17, 15) is 18.0 Å². The van der Waals surface area contributed by atoms with Crippen molar-refractivity contribution in [1.29, 1.82) is 0 Å². The average molecular weight is 327 g/mol. The third kappa shape index (κ3) is 2.08. The molecule has 22 heavy (non-hydrogen) atoms. The molecular weight excluding hydrogens is 315 g/mol. The number of halogens is 3. The summed E-state index contributed by atoms with van der Waals surface area (Å²) in [6.07, 6.45) is -1.01. The van der Waals surface area contributed by atoms with Crippen LogP contribution in [0.15, 0.2) is 12.4 Å². The van der Waals surface area contributed by atoms with E-state index in [1.807, 2.05) is 4.90 Å². The maximum atomic E-state index is 12.9. The monoisotopic (exact) mass is 327 g/mol. The Morgan fingerprint density at radius 3 is 2.73 bits per heavy atom. The molecule has 2 aromatic rings. The maximum absolute atomic E-state index is 12.9. The third-order valence-corrected chi connectivity index (χ3v) is 5.56. The Hall–Kier alpha value is -1.70. The van der Waals surface area contributed by atoms with Gasteiger partial charge in [0.05, 0.1) is 5.39 Å². The molecule has 1 spiro atoms. The van der Waals surface area contributed by atoms with Gasteiger partial charge in [0, 0.05) is 31.3 Å². The van der Waals surface area contributed by atoms with Gasteiger partial charge in [0.2, 0.25) is 0 Å². The van der Waals surface area contributed by atoms with Gasteiger partial charge >= 0.3 is 6.18 Å². The molecule has 0 N–H and O–H groups in total. The van der Waals surface area contributed by atoms with Crippen LogP contribution < -0.4 is 4.90 Å². The van der Waals surface area contributed by atoms with Gasteiger partial charge < -0.3 is 4.90 Å². The highest BCUT2D eigenvalue weighted by molar-refractivity contribution is 7.18. The molecule has 0 unspecified atom stereocenters. The van der Waals surface area contributed by atoms with Crippen LogP contribution in [0.3, 0.4) is 0 Å². The van der Waals surface area contributed by atoms with Gasteiger partial charge in [-0.25, -0.2) is 9.97 Å². The van der Waals surface area contributed by atoms with Crippen LogP contribution in [-0.4, -0.2) is 28.8 Å². The number of aromatic nitrogens is 2. The first kappa shape index (κ1) is 13.9. The van der Waals surface area contributed by atoms with Crippen molar-refractivity contribution >= 4 is 33.2 Å². The summed E-state index contributed by atoms with van der Waals surface area (Å²) >= 11 is 0.640. The van der Waals surface area contributed by atoms with E-state index in [2.05, 4.69) is 9.97 Å². The van der Waals surface area contributed by atoms with Crippen molar-refractivity contribution in [3.8, 4) is 0 Å². The van der Waals surface area contributed by atoms with Crippen LogP contribution >= 0.6 is 11.3 Å². The number of nitrogens with zero attached hydrogens (tertiary/aromatic N) is 3. The number of thiophene rings is 1. The second kappa shape index (κ2) is 4.41. The number of anilines is 1. The van der Waals surface area contributed by atoms with Crippen molar-refractivity contribution in [2.75, 3.05) is 18.0 Å². The number of hydrogen-bond donors (Lipinski definition) is 0. The van der Waals surface area contributed by atoms with E-state index in [0.717, 1.165) is 19.0 Å². The van der Waals surface area contributed by atoms with E-state index < -0.39 is 11.1 Å². The molecule has 3 heterocycles. The standard InChI is InChI=1S/C14H12F3N3OS/c15-14(16,17)10-3-9-11(18-7-19-12(9)22-10)20-2-1-13(6-20)4-8(21)5-13/h3,7H,1-2,4-6H2. The van der Waals surface area contributed by atoms with Crippen molar-refractivity contribution in [1.82, 2.24) is 9.97 Å². The van der Waals surface area contributed by atoms with Gasteiger partial charge in [0.1, 0.15) is 27.6 Å². The van der Waals surface area contributed by atoms with E-state index in [1.165, 1.54) is 6.33 Å². The first-order valence-electron chi connectivity index (χ1n) is 6.95. The zero-order valence-electron chi connectivity index (χ0n) is 11.5. The van der Waals surface area contributed by atoms with Gasteiger partial charge in [0.25, 0.3) is 0 Å². The summed E-state index contributed by atoms with van der Waals surface area (Å²) < 4.78 is 38.6. The number of carbonyl (C=O) groups is 1. The fourth-order valence-corrected chi connectivity index (χ4v) is 4.28. The summed E-state index contributed by atoms with van der Waals surface area (Å²) in [5, 5.41) is 0.447. The molecule has 1 aliphatic heterocycles. The molecule has 2 fully saturated rings. The summed E-state index contributed by atoms with van der Waals surface area (Å²) in [6, 6.07) is 1.13. The first-order chi connectivity index (χ1) is 10.4. The van der Waals surface area contributed by atoms with Crippen LogP contribution in [-0.2, 0) is 11.0 Å². The summed E-state index contributed by atoms with van der Waals surface area (Å²) in [5.74, 6) is 0.817. The van der Waals surface area contributed by atoms with E-state index in [4.69, 9.17) is 0 Å². The second-order valence-corrected chi connectivity index (χ2v) is 7.12. The smallest absolute Gasteiger partial charge is 0.355 e. The Balaban J connectivity index is 1.70. The minimum absolute atomic E-state index is 0.0111. The first-order valence-corrected chi connectivity index (χ1v) is 7.76. The molecule has 2 aliphatic rings. The average Bonchev–Trinajstić information content (AvgIpc) is 3.01. The number of hydrogen-bond acceptors (Lipinski definition) is 5. The van der Waals surface area contributed by atoms with Crippen molar-refractivity contribution in [2.45, 2.75) is 25.4 Å². The minimum atomic E-state index is -4.37. The lowest BCUT2D eigenvalue weighted by molar-refractivity contribution is -0.134. The number of rotatable bonds is 1. The van der Waals surface area contributed by atoms with E-state index in [0.29, 0.717) is 46.8 Å². The van der Waals surface area contributed by atoms with Gasteiger partial charge in [0.15, 0.2) is 0 Å². The molecule has 0 radical (unpaired) electrons. The Morgan fingerprint density at radius 2 is 2.05 bits per heavy atom. The zero-order chi connectivity index (χ0) is 15.5. The summed E-state index contributed by atoms with van der Waals surface area (Å²) in [4.78, 5) is 21.1. The van der Waals surface area contributed by atoms with Crippen LogP contribution in [0, 0.1) is 5.41 Å². The molecule has 0 aromatic carbocycles. The van der Waals surface area contributed by atoms with E-state index >= 15 is 0 Å². The van der Waals surface area contributed by atoms with Crippen LogP contribution in [0.4, 0.5) is 19.0 Å². The van der Waals surface area contributed by atoms with Crippen LogP contribution in [0.25, 0.3) is 10.2 Å². The summed E-state index contributed by atoms with van der Waals surface area (Å²) in [7, 11) is 0. The Labute approximate surface area is 128 Å². The number of carbonyl (C=O) groups excluding carboxylic acids is 1. The molecule has 8 heteroatoms. The van der Waals surface area contributed by atoms with Gasteiger partial charge in [-0.2, -0.15) is 13.2 Å². The molecule has 0 amide bonds. The van der Waals surface area contributed by atoms with Crippen LogP contribution in [0.2, 0.25) is 0 Å². The quantitative estimate of drug-likeness (QED) is 0.806. The fourth-order valence-electron chi connectivity index (χ4n) is 3.42. The fraction of sp³-hybridized carbons (Fsp3) is 0.500. The molecule has 0 bridgehead atoms. The van der Waals surface area contributed by atoms with Crippen molar-refractivity contribution < 1.29 is 18.0 Å². The van der Waals surface area contributed by atoms with Gasteiger partial charge in [-0.05, 0) is 12.5 Å². The molecule has 1 aliphatic carbocycles. The van der Waals surface area contributed by atoms with Gasteiger partial charge in [-0.1, -0.05) is 0 Å². The molecule has 0 atom stereocenters. The molecule has 116 valence electrons. The molecule has 4 nitrogen and oxygen atoms in total. The van der Waals surface area contributed by atoms with Gasteiger partial charge in [-0.15, -0.1) is 11.3 Å². The van der Waals surface area contributed by atoms with Crippen molar-refractivity contribution in [3.05, 3.63) is 17.3 Å². The lowest BCUT2D eigenvalue weighted by atomic mass is 9.67. The number of alkyl halides is 3. The number of Topliss-reactive ketones (excluding diaryl/α,β-unsaturated/α-hetero) is 1. The summed E-state index contributed by atoms with van der Waals surface area (Å²) in [6.45, 7) is 1.40. The molecule has 1 saturated carbocycles. The number of ketones is 1. The summed E-state index contributed by atoms with van der Waals surface area (Å²) in [5.41, 5.74) is 0.0111. The number of fused-ring (bicyclic) bond motifs is 1. The predicted octanol–water partition coefficient (Wildman–Crippen LogP) is 3.27. The highest BCUT2D eigenvalue weighted by Gasteiger charge is 2.48. The Bertz CT molecular complexity index is 762. The second-order valence-electron chi connectivity index (χ2n) is 6.09. The lowest BCUT2D eigenvalue weighted by Crippen LogP contribution is -2.40. The Morgan fingerprint density at radius 1 is 1.27 bits per heavy atom. The highest BCUT2D eigenvalue weighted by atomic mass is 32.1. The largest absolute Gasteiger partial charge is 0.425 e. The molecular formula is C14H12F3N3OS. The van der Waals surface area contributed by atoms with E-state index in [-0.39, 0.29) is 11.2 Å². The highest BCUT2D eigenvalue weighted by Crippen LogP contribution is 2.48. The minimum Gasteiger partial charge on any atom is -0.355 e. The van der Waals surface area contributed by atoms with Crippen LogP contribution in [0.1, 0.15) is 24.1 Å². The third-order valence-electron chi connectivity index (χ3n) is 4.47. The van der Waals surface area contributed by atoms with Gasteiger partial charge in [-0.3, -0.25) is 4.79 Å². The molecule has 2 aromatic heterocycles. The lowest BCUT2D eigenvalue weighted by Gasteiger charge is -2.36.